The van der Waals surface area contributed by atoms with Crippen LogP contribution in [0.1, 0.15) is 49.2 Å². The van der Waals surface area contributed by atoms with Gasteiger partial charge in [0.1, 0.15) is 31.8 Å². The van der Waals surface area contributed by atoms with Crippen LogP contribution in [0.15, 0.2) is 181 Å². The molecular formula is C61H57BrCl8N12Na2O16S2. The van der Waals surface area contributed by atoms with Gasteiger partial charge in [-0.2, -0.15) is 77.2 Å². The average molecular weight is 1690 g/mol. The number of halogens is 9. The Morgan fingerprint density at radius 2 is 0.980 bits per heavy atom. The van der Waals surface area contributed by atoms with E-state index in [1.807, 2.05) is 13.8 Å². The minimum atomic E-state index is -3.94. The summed E-state index contributed by atoms with van der Waals surface area (Å²) >= 11 is 50.2. The number of aromatic nitrogens is 12. The second-order valence-corrected chi connectivity index (χ2v) is 26.8. The molecule has 28 nitrogen and oxygen atoms in total. The number of alkyl halides is 1. The first kappa shape index (κ1) is 91.0. The van der Waals surface area contributed by atoms with Crippen molar-refractivity contribution in [2.75, 3.05) is 31.8 Å². The number of rotatable bonds is 21. The number of benzene rings is 6. The zero-order chi connectivity index (χ0) is 73.4. The molecule has 6 aromatic carbocycles. The zero-order valence-electron chi connectivity index (χ0n) is 54.8. The van der Waals surface area contributed by atoms with E-state index in [4.69, 9.17) is 127 Å². The topological polar surface area (TPSA) is 380 Å². The van der Waals surface area contributed by atoms with Crippen LogP contribution in [-0.4, -0.2) is 155 Å². The summed E-state index contributed by atoms with van der Waals surface area (Å²) in [4.78, 5) is 50.2. The van der Waals surface area contributed by atoms with Crippen LogP contribution in [0.3, 0.4) is 0 Å². The van der Waals surface area contributed by atoms with Crippen LogP contribution in [0, 0.1) is 13.8 Å². The van der Waals surface area contributed by atoms with Crippen molar-refractivity contribution in [2.24, 2.45) is 0 Å². The number of nitrogens with zero attached hydrogens (tertiary/aromatic N) is 11. The number of aromatic amines is 1. The second kappa shape index (κ2) is 46.7. The molecule has 0 bridgehead atoms. The van der Waals surface area contributed by atoms with Crippen molar-refractivity contribution in [1.29, 1.82) is 0 Å². The first-order valence-corrected chi connectivity index (χ1v) is 35.1. The molecule has 534 valence electrons. The molecule has 0 spiro atoms. The molecule has 102 heavy (non-hydrogen) atoms. The molecule has 10 aromatic rings. The molecule has 1 saturated heterocycles. The minimum Gasteiger partial charge on any atom is -1.00 e. The first-order chi connectivity index (χ1) is 47.6. The number of ether oxygens (including phenoxy) is 2. The predicted octanol–water partition coefficient (Wildman–Crippen LogP) is 4.49. The number of carbonyl (C=O) groups is 4. The molecule has 11 rings (SSSR count). The van der Waals surface area contributed by atoms with E-state index in [1.54, 1.807) is 97.3 Å². The third-order valence-electron chi connectivity index (χ3n) is 12.4. The second-order valence-electron chi connectivity index (χ2n) is 19.7. The van der Waals surface area contributed by atoms with Crippen molar-refractivity contribution in [1.82, 2.24) is 60.4 Å². The van der Waals surface area contributed by atoms with Gasteiger partial charge in [0.05, 0.1) is 111 Å². The molecule has 1 unspecified atom stereocenters. The van der Waals surface area contributed by atoms with Gasteiger partial charge < -0.3 is 31.3 Å². The number of hydrogen-bond acceptors (Lipinski definition) is 24. The first-order valence-electron chi connectivity index (χ1n) is 28.2. The Labute approximate surface area is 678 Å². The number of H-pyrrole nitrogens is 1. The van der Waals surface area contributed by atoms with Gasteiger partial charge in [-0.05, 0) is 105 Å². The van der Waals surface area contributed by atoms with E-state index in [1.165, 1.54) is 88.0 Å². The smallest absolute Gasteiger partial charge is 1.00 e. The van der Waals surface area contributed by atoms with Crippen molar-refractivity contribution in [3.05, 3.63) is 244 Å². The van der Waals surface area contributed by atoms with Gasteiger partial charge in [0.25, 0.3) is 26.7 Å². The molecule has 1 aliphatic heterocycles. The van der Waals surface area contributed by atoms with E-state index in [0.717, 1.165) is 11.1 Å². The Hall–Kier alpha value is -5.22. The molecule has 41 heteroatoms. The number of aliphatic hydroxyl groups excluding tert-OH is 2. The number of aliphatic hydroxyl groups is 2. The van der Waals surface area contributed by atoms with Crippen LogP contribution in [-0.2, 0) is 73.2 Å². The molecule has 3 atom stereocenters. The van der Waals surface area contributed by atoms with Crippen molar-refractivity contribution in [2.45, 2.75) is 61.3 Å². The van der Waals surface area contributed by atoms with Crippen molar-refractivity contribution < 1.29 is 135 Å². The maximum absolute atomic E-state index is 12.5. The third-order valence-corrected chi connectivity index (χ3v) is 17.7. The molecule has 1 fully saturated rings. The summed E-state index contributed by atoms with van der Waals surface area (Å²) in [7, 11) is -7.79. The van der Waals surface area contributed by atoms with Gasteiger partial charge in [-0.15, -0.1) is 0 Å². The van der Waals surface area contributed by atoms with E-state index in [-0.39, 0.29) is 132 Å². The summed E-state index contributed by atoms with van der Waals surface area (Å²) in [6.45, 7) is 2.63. The Bertz CT molecular complexity index is 4330. The van der Waals surface area contributed by atoms with Crippen LogP contribution in [0.25, 0.3) is 0 Å². The third kappa shape index (κ3) is 31.1. The number of Topliss-reactive ketones (excluding diaryl/α,β-unsaturated/α-hetero) is 3. The van der Waals surface area contributed by atoms with Gasteiger partial charge in [0.15, 0.2) is 17.3 Å². The van der Waals surface area contributed by atoms with Crippen LogP contribution < -0.4 is 64.4 Å². The summed E-state index contributed by atoms with van der Waals surface area (Å²) < 4.78 is 70.0. The van der Waals surface area contributed by atoms with E-state index in [2.05, 4.69) is 71.0 Å². The molecule has 0 saturated carbocycles. The Kier molecular flexibility index (Phi) is 41.6. The van der Waals surface area contributed by atoms with Gasteiger partial charge in [-0.3, -0.25) is 27.5 Å². The van der Waals surface area contributed by atoms with Gasteiger partial charge in [0.2, 0.25) is 5.79 Å². The molecular weight excluding hydrogens is 1630 g/mol. The summed E-state index contributed by atoms with van der Waals surface area (Å²) in [5.74, 6) is -1.69. The Balaban J connectivity index is 0.000000437. The van der Waals surface area contributed by atoms with Crippen LogP contribution in [0.5, 0.6) is 0 Å². The predicted molar refractivity (Wildman–Crippen MR) is 372 cm³/mol. The van der Waals surface area contributed by atoms with Crippen molar-refractivity contribution in [3.63, 3.8) is 0 Å². The molecule has 0 radical (unpaired) electrons. The van der Waals surface area contributed by atoms with Gasteiger partial charge >= 0.3 is 59.1 Å². The summed E-state index contributed by atoms with van der Waals surface area (Å²) in [5.41, 5.74) is 3.75. The standard InChI is InChI=1S/C20H19Cl2N3O5S.2C10H7Cl2N3O.C10H14O5S.C8H5BrCl2O.C2H3N3.CH2O3.2Na.H/c1-14-2-5-17(6-3-14)31(26,27)29-12-16-11-28-20(30-16,13-25-23-8-9-24-25)18-7-4-15(21)10-19(18)22;2*11-7-1-2-8(9(12)5-7)10(16)6-15-13-3-4-14-15;1-8-2-4-10(5-3-8)16(13,14)15-7-9(12)6-11;9-4-8(12)6-2-1-5(10)3-7(6)11;1-2-4-5-3-1;2-1-4-3;;;/h2-10,16H,11-13H2,1H3;2*1-5H,6H2;2-5,9,11-12H,6-7H2,1H3;1-3H,4H2;1-2H,(H,3,4,5);1,3H;;;/q;;;;;;;2*+1;-1/p-1/t16-,20+;;;;;;;;;/m0........./s1. The summed E-state index contributed by atoms with van der Waals surface area (Å²) in [5, 5.41) is 62.5. The van der Waals surface area contributed by atoms with E-state index in [9.17, 15) is 31.2 Å². The van der Waals surface area contributed by atoms with Crippen LogP contribution in [0.4, 0.5) is 0 Å². The van der Waals surface area contributed by atoms with Gasteiger partial charge in [-0.1, -0.05) is 150 Å². The number of hydrogen-bond donors (Lipinski definition) is 3. The molecule has 0 amide bonds. The monoisotopic (exact) mass is 1680 g/mol. The van der Waals surface area contributed by atoms with E-state index >= 15 is 0 Å². The molecule has 5 heterocycles. The number of aryl methyl sites for hydroxylation is 2. The molecule has 0 aliphatic carbocycles. The maximum Gasteiger partial charge on any atom is 1.00 e. The quantitative estimate of drug-likeness (QED) is 0.0170. The molecule has 1 aliphatic rings. The Morgan fingerprint density at radius 3 is 1.33 bits per heavy atom. The van der Waals surface area contributed by atoms with Crippen LogP contribution >= 0.6 is 109 Å². The summed E-state index contributed by atoms with van der Waals surface area (Å²) in [6.07, 6.45) is 10.4. The van der Waals surface area contributed by atoms with Crippen LogP contribution in [0.2, 0.25) is 40.2 Å². The van der Waals surface area contributed by atoms with Crippen molar-refractivity contribution in [3.8, 4) is 0 Å². The van der Waals surface area contributed by atoms with Gasteiger partial charge in [-0.25, -0.2) is 0 Å². The fourth-order valence-corrected chi connectivity index (χ4v) is 11.9. The zero-order valence-corrected chi connectivity index (χ0v) is 67.1. The fourth-order valence-electron chi connectivity index (χ4n) is 7.66. The largest absolute Gasteiger partial charge is 1.00 e. The minimum absolute atomic E-state index is 0. The normalized spacial score (nSPS) is 13.7. The fraction of sp³-hybridized carbons (Fsp3) is 0.213. The van der Waals surface area contributed by atoms with Crippen molar-refractivity contribution >= 4 is 153 Å². The average Bonchev–Trinajstić information content (AvgIpc) is 1.65. The van der Waals surface area contributed by atoms with E-state index < -0.39 is 51.4 Å². The molecule has 3 N–H and O–H groups in total. The number of ketones is 3. The number of nitrogens with one attached hydrogen (secondary N) is 1. The summed E-state index contributed by atoms with van der Waals surface area (Å²) in [6, 6.07) is 31.8. The number of carbonyl (C=O) groups excluding carboxylic acids is 4. The SMILES string of the molecule is Cc1ccc(S(=O)(=O)OCC(O)CO)cc1.Cc1ccc(S(=O)(=O)OC[C@@H]2CO[C@@](Cn3nccn3)(c3ccc(Cl)cc3Cl)O2)cc1.O=C(CBr)c1ccc(Cl)cc1Cl.O=C(Cn1nccn1)c1ccc(Cl)cc1Cl.O=C(Cn1nccn1)c1ccc(Cl)cc1Cl.O=CO[O-].[H-].[Na+].[Na+].c1cn[nH]n1. The van der Waals surface area contributed by atoms with E-state index in [0.29, 0.717) is 62.4 Å². The molecule has 4 aromatic heterocycles. The Morgan fingerprint density at radius 1 is 0.608 bits per heavy atom. The van der Waals surface area contributed by atoms with Gasteiger partial charge in [0, 0.05) is 42.3 Å². The maximum atomic E-state index is 12.5.